The molecule has 8 nitrogen and oxygen atoms in total. The van der Waals surface area contributed by atoms with E-state index in [0.717, 1.165) is 14.3 Å². The molecule has 1 heterocycles. The van der Waals surface area contributed by atoms with E-state index in [9.17, 15) is 22.8 Å². The van der Waals surface area contributed by atoms with Crippen molar-refractivity contribution in [2.24, 2.45) is 0 Å². The van der Waals surface area contributed by atoms with Gasteiger partial charge in [0.25, 0.3) is 15.9 Å². The number of carbonyl (C=O) groups excluding carboxylic acids is 3. The molecular formula is C24H28BrN3O5S. The number of nitrogens with one attached hydrogen (secondary N) is 1. The Balaban J connectivity index is 1.70. The SMILES string of the molecule is CC(C)NC(=O)[C@H](C)N(Cc1ccc(Br)cc1)C(=O)CCCN1C(=O)c2ccccc2S1(=O)=O. The van der Waals surface area contributed by atoms with Gasteiger partial charge in [-0.25, -0.2) is 12.7 Å². The van der Waals surface area contributed by atoms with E-state index in [-0.39, 0.29) is 54.2 Å². The second-order valence-corrected chi connectivity index (χ2v) is 11.2. The second-order valence-electron chi connectivity index (χ2n) is 8.47. The van der Waals surface area contributed by atoms with Crippen LogP contribution in [0.15, 0.2) is 57.9 Å². The van der Waals surface area contributed by atoms with Gasteiger partial charge in [-0.1, -0.05) is 40.2 Å². The molecule has 1 N–H and O–H groups in total. The molecule has 1 atom stereocenters. The lowest BCUT2D eigenvalue weighted by Gasteiger charge is -2.29. The van der Waals surface area contributed by atoms with Crippen LogP contribution in [0, 0.1) is 0 Å². The molecule has 2 aromatic rings. The summed E-state index contributed by atoms with van der Waals surface area (Å²) in [4.78, 5) is 39.9. The van der Waals surface area contributed by atoms with Crippen molar-refractivity contribution in [3.05, 3.63) is 64.1 Å². The lowest BCUT2D eigenvalue weighted by molar-refractivity contribution is -0.140. The molecule has 182 valence electrons. The first-order valence-corrected chi connectivity index (χ1v) is 13.3. The van der Waals surface area contributed by atoms with Gasteiger partial charge in [0.15, 0.2) is 0 Å². The van der Waals surface area contributed by atoms with Crippen LogP contribution in [0.4, 0.5) is 0 Å². The minimum atomic E-state index is -3.92. The van der Waals surface area contributed by atoms with Crippen molar-refractivity contribution in [1.29, 1.82) is 0 Å². The van der Waals surface area contributed by atoms with Gasteiger partial charge in [0.05, 0.1) is 5.56 Å². The van der Waals surface area contributed by atoms with Gasteiger partial charge in [-0.05, 0) is 57.0 Å². The van der Waals surface area contributed by atoms with Gasteiger partial charge in [-0.15, -0.1) is 0 Å². The van der Waals surface area contributed by atoms with E-state index in [1.165, 1.54) is 17.0 Å². The van der Waals surface area contributed by atoms with Crippen molar-refractivity contribution < 1.29 is 22.8 Å². The first-order chi connectivity index (χ1) is 16.0. The lowest BCUT2D eigenvalue weighted by atomic mass is 10.1. The molecule has 0 bridgehead atoms. The minimum absolute atomic E-state index is 0.00846. The zero-order valence-electron chi connectivity index (χ0n) is 19.3. The molecule has 0 saturated heterocycles. The Kier molecular flexibility index (Phi) is 8.14. The number of fused-ring (bicyclic) bond motifs is 1. The van der Waals surface area contributed by atoms with E-state index >= 15 is 0 Å². The molecule has 0 unspecified atom stereocenters. The van der Waals surface area contributed by atoms with E-state index in [1.54, 1.807) is 19.1 Å². The largest absolute Gasteiger partial charge is 0.352 e. The summed E-state index contributed by atoms with van der Waals surface area (Å²) in [5, 5.41) is 2.83. The van der Waals surface area contributed by atoms with Crippen molar-refractivity contribution in [2.75, 3.05) is 6.54 Å². The van der Waals surface area contributed by atoms with Crippen molar-refractivity contribution in [3.63, 3.8) is 0 Å². The van der Waals surface area contributed by atoms with Crippen LogP contribution in [-0.4, -0.2) is 54.0 Å². The molecule has 0 radical (unpaired) electrons. The van der Waals surface area contributed by atoms with E-state index in [1.807, 2.05) is 38.1 Å². The van der Waals surface area contributed by atoms with E-state index in [4.69, 9.17) is 0 Å². The number of amides is 3. The summed E-state index contributed by atoms with van der Waals surface area (Å²) in [6.07, 6.45) is 0.138. The first-order valence-electron chi connectivity index (χ1n) is 11.0. The number of nitrogens with zero attached hydrogens (tertiary/aromatic N) is 2. The Labute approximate surface area is 208 Å². The number of rotatable bonds is 9. The topological polar surface area (TPSA) is 104 Å². The molecule has 10 heteroatoms. The van der Waals surface area contributed by atoms with Crippen LogP contribution in [0.2, 0.25) is 0 Å². The molecule has 3 rings (SSSR count). The van der Waals surface area contributed by atoms with Crippen LogP contribution in [0.3, 0.4) is 0 Å². The summed E-state index contributed by atoms with van der Waals surface area (Å²) >= 11 is 3.39. The Bertz CT molecular complexity index is 1180. The molecule has 0 aromatic heterocycles. The third kappa shape index (κ3) is 5.67. The summed E-state index contributed by atoms with van der Waals surface area (Å²) in [5.41, 5.74) is 0.998. The zero-order chi connectivity index (χ0) is 25.0. The quantitative estimate of drug-likeness (QED) is 0.516. The average molecular weight is 550 g/mol. The van der Waals surface area contributed by atoms with Crippen LogP contribution in [0.5, 0.6) is 0 Å². The molecule has 34 heavy (non-hydrogen) atoms. The van der Waals surface area contributed by atoms with Crippen molar-refractivity contribution >= 4 is 43.7 Å². The van der Waals surface area contributed by atoms with Crippen molar-refractivity contribution in [1.82, 2.24) is 14.5 Å². The normalized spacial score (nSPS) is 15.2. The van der Waals surface area contributed by atoms with Gasteiger partial charge in [-0.2, -0.15) is 0 Å². The van der Waals surface area contributed by atoms with E-state index < -0.39 is 22.0 Å². The second kappa shape index (κ2) is 10.7. The Morgan fingerprint density at radius 3 is 2.32 bits per heavy atom. The lowest BCUT2D eigenvalue weighted by Crippen LogP contribution is -2.49. The van der Waals surface area contributed by atoms with Crippen molar-refractivity contribution in [3.8, 4) is 0 Å². The molecule has 2 aromatic carbocycles. The summed E-state index contributed by atoms with van der Waals surface area (Å²) < 4.78 is 27.2. The predicted octanol–water partition coefficient (Wildman–Crippen LogP) is 3.32. The number of hydrogen-bond acceptors (Lipinski definition) is 5. The molecule has 1 aliphatic heterocycles. The van der Waals surface area contributed by atoms with Crippen LogP contribution < -0.4 is 5.32 Å². The minimum Gasteiger partial charge on any atom is -0.352 e. The molecular weight excluding hydrogens is 522 g/mol. The average Bonchev–Trinajstić information content (AvgIpc) is 2.98. The van der Waals surface area contributed by atoms with Crippen LogP contribution >= 0.6 is 15.9 Å². The fraction of sp³-hybridized carbons (Fsp3) is 0.375. The van der Waals surface area contributed by atoms with Crippen LogP contribution in [0.25, 0.3) is 0 Å². The molecule has 1 aliphatic rings. The molecule has 0 aliphatic carbocycles. The number of sulfonamides is 1. The van der Waals surface area contributed by atoms with Gasteiger partial charge in [0.1, 0.15) is 10.9 Å². The van der Waals surface area contributed by atoms with E-state index in [2.05, 4.69) is 21.2 Å². The summed E-state index contributed by atoms with van der Waals surface area (Å²) in [6.45, 7) is 5.47. The highest BCUT2D eigenvalue weighted by Gasteiger charge is 2.40. The smallest absolute Gasteiger partial charge is 0.269 e. The monoisotopic (exact) mass is 549 g/mol. The third-order valence-corrected chi connectivity index (χ3v) is 7.90. The Morgan fingerprint density at radius 2 is 1.71 bits per heavy atom. The van der Waals surface area contributed by atoms with Gasteiger partial charge < -0.3 is 10.2 Å². The highest BCUT2D eigenvalue weighted by molar-refractivity contribution is 9.10. The molecule has 0 fully saturated rings. The maximum absolute atomic E-state index is 13.2. The maximum atomic E-state index is 13.2. The van der Waals surface area contributed by atoms with Gasteiger partial charge in [-0.3, -0.25) is 14.4 Å². The number of carbonyl (C=O) groups is 3. The summed E-state index contributed by atoms with van der Waals surface area (Å²) in [7, 11) is -3.92. The summed E-state index contributed by atoms with van der Waals surface area (Å²) in [5.74, 6) is -1.15. The number of halogens is 1. The van der Waals surface area contributed by atoms with Gasteiger partial charge in [0, 0.05) is 30.0 Å². The van der Waals surface area contributed by atoms with Crippen molar-refractivity contribution in [2.45, 2.75) is 57.1 Å². The Hall–Kier alpha value is -2.72. The fourth-order valence-electron chi connectivity index (χ4n) is 3.74. The molecule has 0 spiro atoms. The Morgan fingerprint density at radius 1 is 1.06 bits per heavy atom. The van der Waals surface area contributed by atoms with Gasteiger partial charge in [0.2, 0.25) is 11.8 Å². The third-order valence-electron chi connectivity index (χ3n) is 5.53. The van der Waals surface area contributed by atoms with E-state index in [0.29, 0.717) is 0 Å². The van der Waals surface area contributed by atoms with Gasteiger partial charge >= 0.3 is 0 Å². The number of hydrogen-bond donors (Lipinski definition) is 1. The molecule has 3 amide bonds. The van der Waals surface area contributed by atoms with Crippen LogP contribution in [0.1, 0.15) is 49.5 Å². The fourth-order valence-corrected chi connectivity index (χ4v) is 5.62. The zero-order valence-corrected chi connectivity index (χ0v) is 21.7. The standard InChI is InChI=1S/C24H28BrN3O5S/c1-16(2)26-23(30)17(3)27(15-18-10-12-19(25)13-11-18)22(29)9-6-14-28-24(31)20-7-4-5-8-21(20)34(28,32)33/h4-5,7-8,10-13,16-17H,6,9,14-15H2,1-3H3,(H,26,30)/t17-/m0/s1. The highest BCUT2D eigenvalue weighted by Crippen LogP contribution is 2.30. The first kappa shape index (κ1) is 25.9. The summed E-state index contributed by atoms with van der Waals surface area (Å²) in [6, 6.07) is 12.7. The predicted molar refractivity (Wildman–Crippen MR) is 131 cm³/mol. The highest BCUT2D eigenvalue weighted by atomic mass is 79.9. The molecule has 0 saturated carbocycles. The number of benzene rings is 2. The van der Waals surface area contributed by atoms with Crippen LogP contribution in [-0.2, 0) is 26.2 Å². The maximum Gasteiger partial charge on any atom is 0.269 e.